The standard InChI is InChI=1S/C12H8Cl3N3O/c1-6-8(14)5-9(15)11(17-6)18-12(19)10-4-7(13)2-3-16-10/h2-5H,1H3,(H,17,18,19). The lowest BCUT2D eigenvalue weighted by molar-refractivity contribution is 0.102. The van der Waals surface area contributed by atoms with Gasteiger partial charge in [0.2, 0.25) is 0 Å². The number of anilines is 1. The Morgan fingerprint density at radius 1 is 1.21 bits per heavy atom. The number of carbonyl (C=O) groups excluding carboxylic acids is 1. The molecule has 1 N–H and O–H groups in total. The normalized spacial score (nSPS) is 10.3. The number of hydrogen-bond acceptors (Lipinski definition) is 3. The number of carbonyl (C=O) groups is 1. The Morgan fingerprint density at radius 3 is 2.63 bits per heavy atom. The smallest absolute Gasteiger partial charge is 0.275 e. The summed E-state index contributed by atoms with van der Waals surface area (Å²) in [4.78, 5) is 20.0. The topological polar surface area (TPSA) is 54.9 Å². The van der Waals surface area contributed by atoms with Crippen molar-refractivity contribution in [2.24, 2.45) is 0 Å². The summed E-state index contributed by atoms with van der Waals surface area (Å²) in [5, 5.41) is 3.67. The highest BCUT2D eigenvalue weighted by Gasteiger charge is 2.12. The van der Waals surface area contributed by atoms with E-state index in [0.29, 0.717) is 15.7 Å². The highest BCUT2D eigenvalue weighted by molar-refractivity contribution is 6.36. The van der Waals surface area contributed by atoms with E-state index >= 15 is 0 Å². The number of amides is 1. The second-order valence-corrected chi connectivity index (χ2v) is 4.95. The Bertz CT molecular complexity index is 646. The fraction of sp³-hybridized carbons (Fsp3) is 0.0833. The minimum atomic E-state index is -0.446. The second-order valence-electron chi connectivity index (χ2n) is 3.70. The third-order valence-corrected chi connectivity index (χ3v) is 3.20. The summed E-state index contributed by atoms with van der Waals surface area (Å²) in [7, 11) is 0. The van der Waals surface area contributed by atoms with Gasteiger partial charge in [0.1, 0.15) is 5.69 Å². The van der Waals surface area contributed by atoms with E-state index in [-0.39, 0.29) is 16.5 Å². The summed E-state index contributed by atoms with van der Waals surface area (Å²) in [6, 6.07) is 4.55. The molecule has 2 aromatic heterocycles. The molecule has 0 radical (unpaired) electrons. The van der Waals surface area contributed by atoms with Crippen LogP contribution in [-0.4, -0.2) is 15.9 Å². The second kappa shape index (κ2) is 5.74. The molecule has 0 fully saturated rings. The SMILES string of the molecule is Cc1nc(NC(=O)c2cc(Cl)ccn2)c(Cl)cc1Cl. The van der Waals surface area contributed by atoms with Crippen molar-refractivity contribution in [1.29, 1.82) is 0 Å². The molecule has 0 saturated carbocycles. The fourth-order valence-corrected chi connectivity index (χ4v) is 1.91. The zero-order valence-corrected chi connectivity index (χ0v) is 12.0. The molecule has 1 amide bonds. The molecule has 0 aliphatic carbocycles. The summed E-state index contributed by atoms with van der Waals surface area (Å²) in [5.41, 5.74) is 0.749. The van der Waals surface area contributed by atoms with E-state index in [2.05, 4.69) is 15.3 Å². The van der Waals surface area contributed by atoms with Gasteiger partial charge in [0.15, 0.2) is 5.82 Å². The van der Waals surface area contributed by atoms with Crippen molar-refractivity contribution in [1.82, 2.24) is 9.97 Å². The number of pyridine rings is 2. The van der Waals surface area contributed by atoms with Gasteiger partial charge in [-0.2, -0.15) is 0 Å². The molecule has 0 atom stereocenters. The van der Waals surface area contributed by atoms with Gasteiger partial charge in [-0.15, -0.1) is 0 Å². The lowest BCUT2D eigenvalue weighted by atomic mass is 10.3. The van der Waals surface area contributed by atoms with Crippen LogP contribution in [0, 0.1) is 6.92 Å². The van der Waals surface area contributed by atoms with Crippen LogP contribution in [0.15, 0.2) is 24.4 Å². The zero-order valence-electron chi connectivity index (χ0n) is 9.75. The minimum absolute atomic E-state index is 0.179. The number of aryl methyl sites for hydroxylation is 1. The van der Waals surface area contributed by atoms with E-state index in [0.717, 1.165) is 0 Å². The molecule has 0 aliphatic rings. The molecule has 0 spiro atoms. The number of hydrogen-bond donors (Lipinski definition) is 1. The lowest BCUT2D eigenvalue weighted by Gasteiger charge is -2.08. The molecule has 7 heteroatoms. The molecule has 98 valence electrons. The third kappa shape index (κ3) is 3.35. The van der Waals surface area contributed by atoms with Crippen LogP contribution in [0.25, 0.3) is 0 Å². The summed E-state index contributed by atoms with van der Waals surface area (Å²) < 4.78 is 0. The number of rotatable bonds is 2. The molecule has 0 aliphatic heterocycles. The van der Waals surface area contributed by atoms with Crippen LogP contribution < -0.4 is 5.32 Å². The Morgan fingerprint density at radius 2 is 1.95 bits per heavy atom. The molecule has 4 nitrogen and oxygen atoms in total. The first-order valence-electron chi connectivity index (χ1n) is 5.23. The van der Waals surface area contributed by atoms with E-state index in [1.165, 1.54) is 18.3 Å². The van der Waals surface area contributed by atoms with Gasteiger partial charge >= 0.3 is 0 Å². The maximum atomic E-state index is 12.0. The van der Waals surface area contributed by atoms with Crippen molar-refractivity contribution >= 4 is 46.5 Å². The monoisotopic (exact) mass is 315 g/mol. The largest absolute Gasteiger partial charge is 0.304 e. The number of nitrogens with zero attached hydrogens (tertiary/aromatic N) is 2. The van der Waals surface area contributed by atoms with Crippen LogP contribution in [0.2, 0.25) is 15.1 Å². The van der Waals surface area contributed by atoms with Gasteiger partial charge in [-0.05, 0) is 25.1 Å². The molecule has 2 aromatic rings. The van der Waals surface area contributed by atoms with Crippen molar-refractivity contribution in [3.8, 4) is 0 Å². The van der Waals surface area contributed by atoms with Crippen molar-refractivity contribution in [3.63, 3.8) is 0 Å². The summed E-state index contributed by atoms with van der Waals surface area (Å²) in [6.07, 6.45) is 1.44. The van der Waals surface area contributed by atoms with Crippen LogP contribution in [0.5, 0.6) is 0 Å². The van der Waals surface area contributed by atoms with Gasteiger partial charge < -0.3 is 5.32 Å². The maximum Gasteiger partial charge on any atom is 0.275 e. The minimum Gasteiger partial charge on any atom is -0.304 e. The van der Waals surface area contributed by atoms with Gasteiger partial charge in [-0.25, -0.2) is 4.98 Å². The van der Waals surface area contributed by atoms with E-state index < -0.39 is 5.91 Å². The summed E-state index contributed by atoms with van der Waals surface area (Å²) >= 11 is 17.6. The van der Waals surface area contributed by atoms with E-state index in [9.17, 15) is 4.79 Å². The molecular weight excluding hydrogens is 309 g/mol. The molecule has 2 heterocycles. The van der Waals surface area contributed by atoms with E-state index in [1.807, 2.05) is 0 Å². The quantitative estimate of drug-likeness (QED) is 0.911. The van der Waals surface area contributed by atoms with Crippen LogP contribution in [-0.2, 0) is 0 Å². The zero-order chi connectivity index (χ0) is 14.0. The molecule has 0 aromatic carbocycles. The van der Waals surface area contributed by atoms with Crippen molar-refractivity contribution in [2.45, 2.75) is 6.92 Å². The van der Waals surface area contributed by atoms with Gasteiger partial charge in [-0.1, -0.05) is 34.8 Å². The Balaban J connectivity index is 2.27. The van der Waals surface area contributed by atoms with Crippen molar-refractivity contribution in [2.75, 3.05) is 5.32 Å². The predicted molar refractivity (Wildman–Crippen MR) is 76.2 cm³/mol. The van der Waals surface area contributed by atoms with Gasteiger partial charge in [0.25, 0.3) is 5.91 Å². The lowest BCUT2D eigenvalue weighted by Crippen LogP contribution is -2.15. The van der Waals surface area contributed by atoms with Crippen LogP contribution in [0.3, 0.4) is 0 Å². The molecule has 0 saturated heterocycles. The Hall–Kier alpha value is -1.36. The van der Waals surface area contributed by atoms with Crippen LogP contribution in [0.4, 0.5) is 5.82 Å². The van der Waals surface area contributed by atoms with Gasteiger partial charge in [0, 0.05) is 11.2 Å². The molecule has 19 heavy (non-hydrogen) atoms. The highest BCUT2D eigenvalue weighted by atomic mass is 35.5. The number of aromatic nitrogens is 2. The Labute approximate surface area is 124 Å². The van der Waals surface area contributed by atoms with Gasteiger partial charge in [0.05, 0.1) is 15.7 Å². The van der Waals surface area contributed by atoms with Crippen LogP contribution in [0.1, 0.15) is 16.2 Å². The molecule has 0 unspecified atom stereocenters. The molecule has 0 bridgehead atoms. The summed E-state index contributed by atoms with van der Waals surface area (Å²) in [5.74, 6) is -0.214. The first kappa shape index (κ1) is 14.1. The average molecular weight is 317 g/mol. The van der Waals surface area contributed by atoms with E-state index in [1.54, 1.807) is 13.0 Å². The average Bonchev–Trinajstić information content (AvgIpc) is 2.36. The third-order valence-electron chi connectivity index (χ3n) is 2.29. The summed E-state index contributed by atoms with van der Waals surface area (Å²) in [6.45, 7) is 1.71. The fourth-order valence-electron chi connectivity index (χ4n) is 1.35. The first-order chi connectivity index (χ1) is 8.97. The van der Waals surface area contributed by atoms with Crippen molar-refractivity contribution < 1.29 is 4.79 Å². The molecular formula is C12H8Cl3N3O. The van der Waals surface area contributed by atoms with Crippen LogP contribution >= 0.6 is 34.8 Å². The van der Waals surface area contributed by atoms with Gasteiger partial charge in [-0.3, -0.25) is 9.78 Å². The first-order valence-corrected chi connectivity index (χ1v) is 6.36. The number of halogens is 3. The van der Waals surface area contributed by atoms with E-state index in [4.69, 9.17) is 34.8 Å². The maximum absolute atomic E-state index is 12.0. The molecule has 2 rings (SSSR count). The van der Waals surface area contributed by atoms with Crippen molar-refractivity contribution in [3.05, 3.63) is 50.9 Å². The highest BCUT2D eigenvalue weighted by Crippen LogP contribution is 2.25. The number of nitrogens with one attached hydrogen (secondary N) is 1. The Kier molecular flexibility index (Phi) is 4.24. The predicted octanol–water partition coefficient (Wildman–Crippen LogP) is 4.00.